The highest BCUT2D eigenvalue weighted by molar-refractivity contribution is 5.85. The van der Waals surface area contributed by atoms with Gasteiger partial charge in [-0.1, -0.05) is 0 Å². The fraction of sp³-hybridized carbons (Fsp3) is 0.333. The maximum atomic E-state index is 9.81. The van der Waals surface area contributed by atoms with Crippen molar-refractivity contribution in [2.75, 3.05) is 0 Å². The van der Waals surface area contributed by atoms with Gasteiger partial charge in [0.25, 0.3) is 0 Å². The summed E-state index contributed by atoms with van der Waals surface area (Å²) < 4.78 is 0. The lowest BCUT2D eigenvalue weighted by Gasteiger charge is -1.88. The highest BCUT2D eigenvalue weighted by atomic mass is 35.5. The molecule has 1 atom stereocenters. The normalized spacial score (nSPS) is 10.5. The maximum Gasteiger partial charge on any atom is 0.249 e. The van der Waals surface area contributed by atoms with Crippen molar-refractivity contribution in [3.8, 4) is 6.07 Å². The molecule has 0 aliphatic heterocycles. The molecule has 1 amide bonds. The molecule has 0 bridgehead atoms. The van der Waals surface area contributed by atoms with E-state index in [1.54, 1.807) is 0 Å². The van der Waals surface area contributed by atoms with E-state index >= 15 is 0 Å². The van der Waals surface area contributed by atoms with Crippen LogP contribution in [0.4, 0.5) is 0 Å². The van der Waals surface area contributed by atoms with E-state index in [4.69, 9.17) is 11.0 Å². The minimum absolute atomic E-state index is 0. The molecule has 0 rings (SSSR count). The fourth-order valence-corrected chi connectivity index (χ4v) is 0.0636. The first kappa shape index (κ1) is 10.2. The van der Waals surface area contributed by atoms with Gasteiger partial charge in [-0.05, 0) is 0 Å². The van der Waals surface area contributed by atoms with Gasteiger partial charge in [0.2, 0.25) is 5.91 Å². The molecule has 8 heavy (non-hydrogen) atoms. The number of amides is 1. The zero-order valence-corrected chi connectivity index (χ0v) is 4.81. The van der Waals surface area contributed by atoms with E-state index < -0.39 is 11.9 Å². The van der Waals surface area contributed by atoms with Crippen molar-refractivity contribution in [3.63, 3.8) is 0 Å². The molecule has 0 fully saturated rings. The molecule has 0 aromatic rings. The third-order valence-electron chi connectivity index (χ3n) is 0.446. The zero-order valence-electron chi connectivity index (χ0n) is 4.00. The Kier molecular flexibility index (Phi) is 5.60. The molecule has 0 spiro atoms. The highest BCUT2D eigenvalue weighted by Crippen LogP contribution is 1.65. The van der Waals surface area contributed by atoms with Gasteiger partial charge in [-0.25, -0.2) is 0 Å². The van der Waals surface area contributed by atoms with Crippen molar-refractivity contribution in [1.29, 1.82) is 5.26 Å². The van der Waals surface area contributed by atoms with Gasteiger partial charge in [-0.15, -0.1) is 12.4 Å². The van der Waals surface area contributed by atoms with Crippen LogP contribution in [0.5, 0.6) is 0 Å². The molecule has 0 heterocycles. The molecule has 46 valence electrons. The van der Waals surface area contributed by atoms with E-state index in [1.165, 1.54) is 6.07 Å². The second-order valence-corrected chi connectivity index (χ2v) is 1.01. The molecule has 4 nitrogen and oxygen atoms in total. The van der Waals surface area contributed by atoms with Crippen LogP contribution in [-0.4, -0.2) is 11.9 Å². The van der Waals surface area contributed by atoms with Crippen LogP contribution < -0.4 is 11.5 Å². The predicted octanol–water partition coefficient (Wildman–Crippen LogP) is -1.26. The summed E-state index contributed by atoms with van der Waals surface area (Å²) in [4.78, 5) is 9.81. The maximum absolute atomic E-state index is 9.81. The van der Waals surface area contributed by atoms with Crippen LogP contribution in [0.3, 0.4) is 0 Å². The predicted molar refractivity (Wildman–Crippen MR) is 30.0 cm³/mol. The molecule has 5 heteroatoms. The van der Waals surface area contributed by atoms with Crippen molar-refractivity contribution >= 4 is 18.3 Å². The Labute approximate surface area is 52.9 Å². The van der Waals surface area contributed by atoms with Gasteiger partial charge in [-0.3, -0.25) is 4.79 Å². The summed E-state index contributed by atoms with van der Waals surface area (Å²) in [6, 6.07) is 0.315. The zero-order chi connectivity index (χ0) is 5.86. The van der Waals surface area contributed by atoms with Gasteiger partial charge < -0.3 is 11.5 Å². The van der Waals surface area contributed by atoms with Crippen molar-refractivity contribution in [1.82, 2.24) is 0 Å². The van der Waals surface area contributed by atoms with Crippen molar-refractivity contribution in [2.24, 2.45) is 11.5 Å². The van der Waals surface area contributed by atoms with Crippen molar-refractivity contribution in [3.05, 3.63) is 0 Å². The van der Waals surface area contributed by atoms with Crippen LogP contribution >= 0.6 is 12.4 Å². The molecule has 0 aromatic carbocycles. The van der Waals surface area contributed by atoms with Crippen LogP contribution in [0.25, 0.3) is 0 Å². The van der Waals surface area contributed by atoms with Gasteiger partial charge in [0.1, 0.15) is 0 Å². The van der Waals surface area contributed by atoms with Gasteiger partial charge >= 0.3 is 0 Å². The topological polar surface area (TPSA) is 92.9 Å². The van der Waals surface area contributed by atoms with Gasteiger partial charge in [0.15, 0.2) is 6.04 Å². The van der Waals surface area contributed by atoms with E-state index in [2.05, 4.69) is 5.73 Å². The molecule has 0 radical (unpaired) electrons. The molecular weight excluding hydrogens is 130 g/mol. The Morgan fingerprint density at radius 2 is 2.12 bits per heavy atom. The van der Waals surface area contributed by atoms with Gasteiger partial charge in [0, 0.05) is 0 Å². The molecule has 4 N–H and O–H groups in total. The highest BCUT2D eigenvalue weighted by Gasteiger charge is 2.03. The van der Waals surface area contributed by atoms with E-state index in [0.717, 1.165) is 0 Å². The Hall–Kier alpha value is -0.790. The minimum atomic E-state index is -1.15. The molecule has 0 aromatic heterocycles. The Morgan fingerprint density at radius 1 is 1.75 bits per heavy atom. The molecule has 0 aliphatic carbocycles. The first-order chi connectivity index (χ1) is 3.18. The summed E-state index contributed by atoms with van der Waals surface area (Å²) in [5, 5.41) is 7.83. The standard InChI is InChI=1S/C3H5N3O.ClH/c4-1-2(5)3(6)7;/h2H,5H2,(H2,6,7);1H/t2-;/m1./s1. The summed E-state index contributed by atoms with van der Waals surface area (Å²) >= 11 is 0. The lowest BCUT2D eigenvalue weighted by molar-refractivity contribution is -0.118. The summed E-state index contributed by atoms with van der Waals surface area (Å²) in [6.07, 6.45) is 0. The molecule has 0 saturated carbocycles. The van der Waals surface area contributed by atoms with Crippen LogP contribution in [0.2, 0.25) is 0 Å². The molecule has 0 unspecified atom stereocenters. The lowest BCUT2D eigenvalue weighted by Crippen LogP contribution is -2.34. The number of nitriles is 1. The van der Waals surface area contributed by atoms with E-state index in [1.807, 2.05) is 0 Å². The van der Waals surface area contributed by atoms with Gasteiger partial charge in [-0.2, -0.15) is 5.26 Å². The second-order valence-electron chi connectivity index (χ2n) is 1.01. The average Bonchev–Trinajstić information content (AvgIpc) is 1.65. The summed E-state index contributed by atoms with van der Waals surface area (Å²) in [5.41, 5.74) is 9.34. The van der Waals surface area contributed by atoms with Crippen LogP contribution in [0, 0.1) is 11.3 Å². The lowest BCUT2D eigenvalue weighted by atomic mass is 10.3. The number of primary amides is 1. The number of hydrogen-bond acceptors (Lipinski definition) is 3. The summed E-state index contributed by atoms with van der Waals surface area (Å²) in [5.74, 6) is -0.789. The summed E-state index contributed by atoms with van der Waals surface area (Å²) in [6.45, 7) is 0. The fourth-order valence-electron chi connectivity index (χ4n) is 0.0636. The average molecular weight is 136 g/mol. The first-order valence-corrected chi connectivity index (χ1v) is 1.63. The van der Waals surface area contributed by atoms with Crippen molar-refractivity contribution < 1.29 is 4.79 Å². The number of nitrogens with two attached hydrogens (primary N) is 2. The summed E-state index contributed by atoms with van der Waals surface area (Å²) in [7, 11) is 0. The Balaban J connectivity index is 0. The quantitative estimate of drug-likeness (QED) is 0.470. The van der Waals surface area contributed by atoms with Crippen LogP contribution in [0.1, 0.15) is 0 Å². The largest absolute Gasteiger partial charge is 0.367 e. The Bertz CT molecular complexity index is 118. The van der Waals surface area contributed by atoms with E-state index in [0.29, 0.717) is 0 Å². The Morgan fingerprint density at radius 3 is 2.12 bits per heavy atom. The first-order valence-electron chi connectivity index (χ1n) is 1.63. The van der Waals surface area contributed by atoms with E-state index in [-0.39, 0.29) is 12.4 Å². The molecule has 0 saturated heterocycles. The molecular formula is C3H6ClN3O. The third-order valence-corrected chi connectivity index (χ3v) is 0.446. The van der Waals surface area contributed by atoms with E-state index in [9.17, 15) is 4.79 Å². The van der Waals surface area contributed by atoms with Crippen molar-refractivity contribution in [2.45, 2.75) is 6.04 Å². The number of carbonyl (C=O) groups excluding carboxylic acids is 1. The number of halogens is 1. The number of hydrogen-bond donors (Lipinski definition) is 2. The smallest absolute Gasteiger partial charge is 0.249 e. The number of nitrogens with zero attached hydrogens (tertiary/aromatic N) is 1. The second kappa shape index (κ2) is 4.37. The monoisotopic (exact) mass is 135 g/mol. The number of rotatable bonds is 1. The third kappa shape index (κ3) is 3.40. The number of carbonyl (C=O) groups is 1. The van der Waals surface area contributed by atoms with Gasteiger partial charge in [0.05, 0.1) is 6.07 Å². The van der Waals surface area contributed by atoms with Crippen LogP contribution in [0.15, 0.2) is 0 Å². The van der Waals surface area contributed by atoms with Crippen LogP contribution in [-0.2, 0) is 4.79 Å². The SMILES string of the molecule is Cl.N#C[C@@H](N)C(N)=O. The minimum Gasteiger partial charge on any atom is -0.367 e. The molecule has 0 aliphatic rings.